The van der Waals surface area contributed by atoms with Crippen molar-refractivity contribution in [3.8, 4) is 0 Å². The van der Waals surface area contributed by atoms with Crippen LogP contribution in [-0.4, -0.2) is 30.6 Å². The third kappa shape index (κ3) is 3.90. The molecule has 1 aromatic carbocycles. The van der Waals surface area contributed by atoms with Crippen molar-refractivity contribution in [2.24, 2.45) is 0 Å². The molecule has 1 unspecified atom stereocenters. The van der Waals surface area contributed by atoms with Crippen LogP contribution in [0, 0.1) is 11.6 Å². The fourth-order valence-electron chi connectivity index (χ4n) is 2.68. The summed E-state index contributed by atoms with van der Waals surface area (Å²) in [4.78, 5) is 2.45. The largest absolute Gasteiger partial charge is 0.380 e. The molecule has 106 valence electrons. The zero-order valence-electron chi connectivity index (χ0n) is 11.5. The molecule has 19 heavy (non-hydrogen) atoms. The van der Waals surface area contributed by atoms with Crippen LogP contribution >= 0.6 is 0 Å². The van der Waals surface area contributed by atoms with E-state index in [9.17, 15) is 8.78 Å². The molecule has 1 aliphatic heterocycles. The molecule has 1 aliphatic rings. The maximum Gasteiger partial charge on any atom is 0.181 e. The van der Waals surface area contributed by atoms with E-state index in [0.29, 0.717) is 0 Å². The Kier molecular flexibility index (Phi) is 5.14. The standard InChI is InChI=1S/C15H22F2N2/c1-2-9-19-10-4-5-12(8-11-19)18-14-7-3-6-13(16)15(14)17/h3,6-7,12,18H,2,4-5,8-11H2,1H3. The van der Waals surface area contributed by atoms with Crippen LogP contribution in [-0.2, 0) is 0 Å². The first-order valence-electron chi connectivity index (χ1n) is 7.13. The van der Waals surface area contributed by atoms with E-state index in [1.165, 1.54) is 0 Å². The fraction of sp³-hybridized carbons (Fsp3) is 0.600. The molecule has 2 rings (SSSR count). The third-order valence-electron chi connectivity index (χ3n) is 3.67. The van der Waals surface area contributed by atoms with Crippen LogP contribution in [0.5, 0.6) is 0 Å². The summed E-state index contributed by atoms with van der Waals surface area (Å²) in [6, 6.07) is 4.53. The van der Waals surface area contributed by atoms with Crippen LogP contribution in [0.3, 0.4) is 0 Å². The lowest BCUT2D eigenvalue weighted by atomic mass is 10.1. The molecule has 0 spiro atoms. The van der Waals surface area contributed by atoms with Crippen LogP contribution in [0.25, 0.3) is 0 Å². The van der Waals surface area contributed by atoms with Gasteiger partial charge in [0, 0.05) is 12.6 Å². The summed E-state index contributed by atoms with van der Waals surface area (Å²) in [7, 11) is 0. The van der Waals surface area contributed by atoms with Gasteiger partial charge in [0.15, 0.2) is 11.6 Å². The lowest BCUT2D eigenvalue weighted by Gasteiger charge is -2.20. The number of hydrogen-bond acceptors (Lipinski definition) is 2. The van der Waals surface area contributed by atoms with Crippen LogP contribution in [0.4, 0.5) is 14.5 Å². The van der Waals surface area contributed by atoms with Crippen molar-refractivity contribution in [2.45, 2.75) is 38.6 Å². The van der Waals surface area contributed by atoms with E-state index in [-0.39, 0.29) is 11.7 Å². The number of likely N-dealkylation sites (tertiary alicyclic amines) is 1. The number of hydrogen-bond donors (Lipinski definition) is 1. The molecule has 1 heterocycles. The van der Waals surface area contributed by atoms with Crippen LogP contribution in [0.15, 0.2) is 18.2 Å². The monoisotopic (exact) mass is 268 g/mol. The molecule has 1 aromatic rings. The third-order valence-corrected chi connectivity index (χ3v) is 3.67. The molecule has 1 fully saturated rings. The second-order valence-electron chi connectivity index (χ2n) is 5.22. The van der Waals surface area contributed by atoms with E-state index in [1.807, 2.05) is 0 Å². The molecule has 1 N–H and O–H groups in total. The first-order chi connectivity index (χ1) is 9.20. The van der Waals surface area contributed by atoms with Gasteiger partial charge in [0.05, 0.1) is 5.69 Å². The van der Waals surface area contributed by atoms with Gasteiger partial charge in [-0.2, -0.15) is 0 Å². The summed E-state index contributed by atoms with van der Waals surface area (Å²) in [5.41, 5.74) is 0.286. The lowest BCUT2D eigenvalue weighted by Crippen LogP contribution is -2.27. The smallest absolute Gasteiger partial charge is 0.181 e. The molecule has 1 atom stereocenters. The van der Waals surface area contributed by atoms with Gasteiger partial charge in [-0.05, 0) is 50.9 Å². The normalized spacial score (nSPS) is 21.1. The van der Waals surface area contributed by atoms with Crippen molar-refractivity contribution in [1.82, 2.24) is 4.90 Å². The summed E-state index contributed by atoms with van der Waals surface area (Å²) < 4.78 is 26.8. The highest BCUT2D eigenvalue weighted by atomic mass is 19.2. The molecule has 0 bridgehead atoms. The summed E-state index contributed by atoms with van der Waals surface area (Å²) in [6.45, 7) is 5.45. The van der Waals surface area contributed by atoms with Crippen molar-refractivity contribution in [1.29, 1.82) is 0 Å². The minimum Gasteiger partial charge on any atom is -0.380 e. The Morgan fingerprint density at radius 2 is 2.11 bits per heavy atom. The van der Waals surface area contributed by atoms with E-state index < -0.39 is 11.6 Å². The van der Waals surface area contributed by atoms with Gasteiger partial charge in [0.1, 0.15) is 0 Å². The SMILES string of the molecule is CCCN1CCCC(Nc2cccc(F)c2F)CC1. The molecule has 0 saturated carbocycles. The van der Waals surface area contributed by atoms with Gasteiger partial charge < -0.3 is 10.2 Å². The van der Waals surface area contributed by atoms with Gasteiger partial charge in [0.25, 0.3) is 0 Å². The Bertz CT molecular complexity index is 409. The summed E-state index contributed by atoms with van der Waals surface area (Å²) in [6.07, 6.45) is 4.26. The first kappa shape index (κ1) is 14.3. The maximum absolute atomic E-state index is 13.6. The maximum atomic E-state index is 13.6. The van der Waals surface area contributed by atoms with E-state index in [1.54, 1.807) is 12.1 Å². The minimum absolute atomic E-state index is 0.234. The fourth-order valence-corrected chi connectivity index (χ4v) is 2.68. The number of nitrogens with one attached hydrogen (secondary N) is 1. The Morgan fingerprint density at radius 3 is 2.89 bits per heavy atom. The minimum atomic E-state index is -0.786. The van der Waals surface area contributed by atoms with Crippen LogP contribution in [0.1, 0.15) is 32.6 Å². The summed E-state index contributed by atoms with van der Waals surface area (Å²) >= 11 is 0. The van der Waals surface area contributed by atoms with Crippen LogP contribution < -0.4 is 5.32 Å². The summed E-state index contributed by atoms with van der Waals surface area (Å²) in [5, 5.41) is 3.15. The molecule has 2 nitrogen and oxygen atoms in total. The number of rotatable bonds is 4. The zero-order valence-corrected chi connectivity index (χ0v) is 11.5. The quantitative estimate of drug-likeness (QED) is 0.897. The van der Waals surface area contributed by atoms with Crippen molar-refractivity contribution < 1.29 is 8.78 Å². The Labute approximate surface area is 113 Å². The zero-order chi connectivity index (χ0) is 13.7. The summed E-state index contributed by atoms with van der Waals surface area (Å²) in [5.74, 6) is -1.55. The number of nitrogens with zero attached hydrogens (tertiary/aromatic N) is 1. The van der Waals surface area contributed by atoms with Gasteiger partial charge in [-0.25, -0.2) is 8.78 Å². The van der Waals surface area contributed by atoms with Crippen molar-refractivity contribution in [3.63, 3.8) is 0 Å². The van der Waals surface area contributed by atoms with E-state index in [4.69, 9.17) is 0 Å². The molecule has 1 saturated heterocycles. The van der Waals surface area contributed by atoms with Gasteiger partial charge in [-0.15, -0.1) is 0 Å². The van der Waals surface area contributed by atoms with Crippen molar-refractivity contribution >= 4 is 5.69 Å². The lowest BCUT2D eigenvalue weighted by molar-refractivity contribution is 0.285. The average Bonchev–Trinajstić information content (AvgIpc) is 2.61. The van der Waals surface area contributed by atoms with Crippen LogP contribution in [0.2, 0.25) is 0 Å². The average molecular weight is 268 g/mol. The first-order valence-corrected chi connectivity index (χ1v) is 7.13. The topological polar surface area (TPSA) is 15.3 Å². The highest BCUT2D eigenvalue weighted by Crippen LogP contribution is 2.21. The number of anilines is 1. The second-order valence-corrected chi connectivity index (χ2v) is 5.22. The molecule has 0 aliphatic carbocycles. The second kappa shape index (κ2) is 6.85. The van der Waals surface area contributed by atoms with E-state index >= 15 is 0 Å². The number of benzene rings is 1. The van der Waals surface area contributed by atoms with Gasteiger partial charge in [-0.3, -0.25) is 0 Å². The van der Waals surface area contributed by atoms with Gasteiger partial charge in [0.2, 0.25) is 0 Å². The highest BCUT2D eigenvalue weighted by Gasteiger charge is 2.18. The predicted molar refractivity (Wildman–Crippen MR) is 74.4 cm³/mol. The van der Waals surface area contributed by atoms with Crippen molar-refractivity contribution in [3.05, 3.63) is 29.8 Å². The van der Waals surface area contributed by atoms with E-state index in [2.05, 4.69) is 17.1 Å². The number of halogens is 2. The van der Waals surface area contributed by atoms with E-state index in [0.717, 1.165) is 51.4 Å². The molecular weight excluding hydrogens is 246 g/mol. The Morgan fingerprint density at radius 1 is 1.26 bits per heavy atom. The Hall–Kier alpha value is -1.16. The molecule has 0 amide bonds. The van der Waals surface area contributed by atoms with Gasteiger partial charge in [-0.1, -0.05) is 13.0 Å². The Balaban J connectivity index is 1.94. The highest BCUT2D eigenvalue weighted by molar-refractivity contribution is 5.45. The van der Waals surface area contributed by atoms with Gasteiger partial charge >= 0.3 is 0 Å². The molecule has 4 heteroatoms. The predicted octanol–water partition coefficient (Wildman–Crippen LogP) is 3.64. The molecule has 0 radical (unpaired) electrons. The van der Waals surface area contributed by atoms with Crippen molar-refractivity contribution in [2.75, 3.05) is 25.0 Å². The molecular formula is C15H22F2N2. The molecule has 0 aromatic heterocycles.